The SMILES string of the molecule is CC1c2ccccc2BC1C1=C([Si](C)(C)C)C=CC1. The fourth-order valence-corrected chi connectivity index (χ4v) is 5.69. The van der Waals surface area contributed by atoms with Crippen LogP contribution in [0.15, 0.2) is 47.2 Å². The molecule has 1 aromatic rings. The Morgan fingerprint density at radius 2 is 1.89 bits per heavy atom. The minimum Gasteiger partial charge on any atom is -0.0806 e. The third-order valence-corrected chi connectivity index (χ3v) is 6.92. The van der Waals surface area contributed by atoms with Crippen molar-refractivity contribution in [3.05, 3.63) is 52.8 Å². The van der Waals surface area contributed by atoms with E-state index in [1.165, 1.54) is 13.7 Å². The molecule has 2 unspecified atom stereocenters. The average Bonchev–Trinajstić information content (AvgIpc) is 2.94. The van der Waals surface area contributed by atoms with Crippen molar-refractivity contribution < 1.29 is 0 Å². The molecule has 0 N–H and O–H groups in total. The lowest BCUT2D eigenvalue weighted by atomic mass is 9.59. The molecule has 1 aliphatic carbocycles. The number of fused-ring (bicyclic) bond motifs is 1. The van der Waals surface area contributed by atoms with Crippen LogP contribution in [0.2, 0.25) is 25.5 Å². The zero-order valence-corrected chi connectivity index (χ0v) is 13.5. The molecule has 0 spiro atoms. The van der Waals surface area contributed by atoms with E-state index < -0.39 is 8.07 Å². The third kappa shape index (κ3) is 2.16. The van der Waals surface area contributed by atoms with Crippen molar-refractivity contribution in [1.29, 1.82) is 0 Å². The fraction of sp³-hybridized carbons (Fsp3) is 0.412. The van der Waals surface area contributed by atoms with E-state index in [0.717, 1.165) is 5.82 Å². The smallest absolute Gasteiger partial charge is 0.0806 e. The van der Waals surface area contributed by atoms with E-state index in [0.29, 0.717) is 5.92 Å². The van der Waals surface area contributed by atoms with Gasteiger partial charge in [-0.1, -0.05) is 84.8 Å². The molecule has 0 saturated heterocycles. The van der Waals surface area contributed by atoms with Gasteiger partial charge in [-0.3, -0.25) is 0 Å². The van der Waals surface area contributed by atoms with E-state index in [1.807, 2.05) is 0 Å². The normalized spacial score (nSPS) is 25.7. The van der Waals surface area contributed by atoms with Crippen molar-refractivity contribution in [3.63, 3.8) is 0 Å². The number of rotatable bonds is 2. The van der Waals surface area contributed by atoms with Crippen molar-refractivity contribution in [2.75, 3.05) is 0 Å². The minimum atomic E-state index is -1.19. The molecule has 1 heterocycles. The highest BCUT2D eigenvalue weighted by molar-refractivity contribution is 6.84. The first-order valence-corrected chi connectivity index (χ1v) is 11.0. The summed E-state index contributed by atoms with van der Waals surface area (Å²) in [5.41, 5.74) is 4.92. The Balaban J connectivity index is 1.98. The monoisotopic (exact) mass is 266 g/mol. The van der Waals surface area contributed by atoms with E-state index >= 15 is 0 Å². The first-order valence-electron chi connectivity index (χ1n) is 7.46. The Morgan fingerprint density at radius 3 is 2.58 bits per heavy atom. The molecule has 98 valence electrons. The molecule has 0 nitrogen and oxygen atoms in total. The molecular formula is C17H23BSi. The van der Waals surface area contributed by atoms with Gasteiger partial charge in [0.05, 0.1) is 8.07 Å². The van der Waals surface area contributed by atoms with Gasteiger partial charge in [-0.25, -0.2) is 0 Å². The van der Waals surface area contributed by atoms with Gasteiger partial charge in [-0.05, 0) is 18.2 Å². The number of benzene rings is 1. The van der Waals surface area contributed by atoms with Crippen LogP contribution in [0.4, 0.5) is 0 Å². The standard InChI is InChI=1S/C17H23BSi/c1-12-13-8-5-6-10-15(13)18-17(12)14-9-7-11-16(14)19(2,3)4/h5-8,10-12,17-18H,9H2,1-4H3. The second-order valence-electron chi connectivity index (χ2n) is 7.09. The lowest BCUT2D eigenvalue weighted by Crippen LogP contribution is -2.25. The first kappa shape index (κ1) is 13.0. The lowest BCUT2D eigenvalue weighted by molar-refractivity contribution is 0.755. The second-order valence-corrected chi connectivity index (χ2v) is 12.1. The Labute approximate surface area is 118 Å². The first-order chi connectivity index (χ1) is 8.98. The van der Waals surface area contributed by atoms with E-state index in [-0.39, 0.29) is 0 Å². The van der Waals surface area contributed by atoms with Gasteiger partial charge in [-0.2, -0.15) is 0 Å². The van der Waals surface area contributed by atoms with Gasteiger partial charge in [0.2, 0.25) is 0 Å². The number of hydrogen-bond donors (Lipinski definition) is 0. The highest BCUT2D eigenvalue weighted by Crippen LogP contribution is 2.44. The van der Waals surface area contributed by atoms with Gasteiger partial charge >= 0.3 is 0 Å². The van der Waals surface area contributed by atoms with Crippen LogP contribution in [0, 0.1) is 0 Å². The molecule has 0 amide bonds. The summed E-state index contributed by atoms with van der Waals surface area (Å²) in [7, 11) is 0.0574. The molecule has 1 aromatic carbocycles. The van der Waals surface area contributed by atoms with E-state index in [2.05, 4.69) is 63.0 Å². The van der Waals surface area contributed by atoms with Crippen LogP contribution in [-0.4, -0.2) is 15.4 Å². The maximum Gasteiger partial charge on any atom is 0.166 e. The van der Waals surface area contributed by atoms with Crippen LogP contribution in [0.5, 0.6) is 0 Å². The second kappa shape index (κ2) is 4.52. The number of hydrogen-bond acceptors (Lipinski definition) is 0. The summed E-state index contributed by atoms with van der Waals surface area (Å²) >= 11 is 0. The molecule has 19 heavy (non-hydrogen) atoms. The maximum absolute atomic E-state index is 2.48. The Kier molecular flexibility index (Phi) is 3.09. The van der Waals surface area contributed by atoms with Crippen molar-refractivity contribution in [3.8, 4) is 0 Å². The van der Waals surface area contributed by atoms with Gasteiger partial charge < -0.3 is 0 Å². The van der Waals surface area contributed by atoms with Crippen molar-refractivity contribution >= 4 is 20.8 Å². The zero-order chi connectivity index (χ0) is 13.6. The van der Waals surface area contributed by atoms with Gasteiger partial charge in [0.1, 0.15) is 0 Å². The summed E-state index contributed by atoms with van der Waals surface area (Å²) in [5, 5.41) is 1.72. The minimum absolute atomic E-state index is 0.692. The largest absolute Gasteiger partial charge is 0.166 e. The van der Waals surface area contributed by atoms with Crippen LogP contribution < -0.4 is 5.46 Å². The molecule has 2 atom stereocenters. The Bertz CT molecular complexity index is 563. The Morgan fingerprint density at radius 1 is 1.16 bits per heavy atom. The van der Waals surface area contributed by atoms with Crippen LogP contribution in [0.25, 0.3) is 0 Å². The summed E-state index contributed by atoms with van der Waals surface area (Å²) in [5.74, 6) is 1.44. The Hall–Kier alpha value is -1.02. The van der Waals surface area contributed by atoms with E-state index in [9.17, 15) is 0 Å². The molecule has 0 aromatic heterocycles. The van der Waals surface area contributed by atoms with Gasteiger partial charge in [0.15, 0.2) is 7.28 Å². The molecule has 1 aliphatic heterocycles. The highest BCUT2D eigenvalue weighted by atomic mass is 28.3. The molecule has 2 heteroatoms. The maximum atomic E-state index is 2.48. The highest BCUT2D eigenvalue weighted by Gasteiger charge is 2.36. The topological polar surface area (TPSA) is 0 Å². The van der Waals surface area contributed by atoms with Gasteiger partial charge in [0.25, 0.3) is 0 Å². The fourth-order valence-electron chi connectivity index (χ4n) is 3.82. The lowest BCUT2D eigenvalue weighted by Gasteiger charge is -2.25. The molecule has 0 saturated carbocycles. The quantitative estimate of drug-likeness (QED) is 0.714. The van der Waals surface area contributed by atoms with E-state index in [4.69, 9.17) is 0 Å². The van der Waals surface area contributed by atoms with Crippen LogP contribution in [-0.2, 0) is 0 Å². The van der Waals surface area contributed by atoms with Gasteiger partial charge in [-0.15, -0.1) is 0 Å². The summed E-state index contributed by atoms with van der Waals surface area (Å²) in [6.07, 6.45) is 6.01. The molecule has 0 bridgehead atoms. The van der Waals surface area contributed by atoms with E-state index in [1.54, 1.807) is 21.8 Å². The van der Waals surface area contributed by atoms with Crippen LogP contribution in [0.1, 0.15) is 24.8 Å². The molecule has 3 rings (SSSR count). The van der Waals surface area contributed by atoms with Crippen LogP contribution >= 0.6 is 0 Å². The van der Waals surface area contributed by atoms with Gasteiger partial charge in [0, 0.05) is 0 Å². The molecule has 0 fully saturated rings. The zero-order valence-electron chi connectivity index (χ0n) is 12.5. The van der Waals surface area contributed by atoms with Crippen molar-refractivity contribution in [1.82, 2.24) is 0 Å². The molecule has 0 radical (unpaired) electrons. The summed E-state index contributed by atoms with van der Waals surface area (Å²) in [6, 6.07) is 9.03. The van der Waals surface area contributed by atoms with Crippen LogP contribution in [0.3, 0.4) is 0 Å². The summed E-state index contributed by atoms with van der Waals surface area (Å²) in [4.78, 5) is 0. The number of allylic oxidation sites excluding steroid dienone is 4. The molecule has 2 aliphatic rings. The third-order valence-electron chi connectivity index (χ3n) is 4.81. The predicted molar refractivity (Wildman–Crippen MR) is 89.5 cm³/mol. The summed E-state index contributed by atoms with van der Waals surface area (Å²) < 4.78 is 0. The van der Waals surface area contributed by atoms with Crippen molar-refractivity contribution in [2.24, 2.45) is 0 Å². The van der Waals surface area contributed by atoms with Crippen molar-refractivity contribution in [2.45, 2.75) is 44.7 Å². The average molecular weight is 266 g/mol. The summed E-state index contributed by atoms with van der Waals surface area (Å²) in [6.45, 7) is 9.85. The predicted octanol–water partition coefficient (Wildman–Crippen LogP) is 3.79. The molecular weight excluding hydrogens is 243 g/mol.